The number of carbonyl (C=O) groups is 1. The zero-order chi connectivity index (χ0) is 13.8. The number of nitriles is 1. The molecule has 0 unspecified atom stereocenters. The number of nitrogens with one attached hydrogen (secondary N) is 1. The minimum atomic E-state index is -0.456. The molecule has 5 heteroatoms. The normalized spacial score (nSPS) is 10.6. The Morgan fingerprint density at radius 2 is 2.17 bits per heavy atom. The lowest BCUT2D eigenvalue weighted by molar-refractivity contribution is 0.131. The van der Waals surface area contributed by atoms with E-state index in [1.165, 1.54) is 0 Å². The fourth-order valence-corrected chi connectivity index (χ4v) is 1.75. The molecule has 0 aliphatic rings. The van der Waals surface area contributed by atoms with Crippen molar-refractivity contribution in [1.82, 2.24) is 5.32 Å². The van der Waals surface area contributed by atoms with Crippen molar-refractivity contribution in [3.05, 3.63) is 33.8 Å². The van der Waals surface area contributed by atoms with E-state index in [0.29, 0.717) is 10.0 Å². The summed E-state index contributed by atoms with van der Waals surface area (Å²) >= 11 is 3.28. The topological polar surface area (TPSA) is 62.1 Å². The molecule has 0 saturated carbocycles. The summed E-state index contributed by atoms with van der Waals surface area (Å²) in [5, 5.41) is 11.5. The van der Waals surface area contributed by atoms with E-state index in [-0.39, 0.29) is 12.1 Å². The van der Waals surface area contributed by atoms with E-state index in [4.69, 9.17) is 10.00 Å². The molecule has 1 rings (SSSR count). The first-order chi connectivity index (χ1) is 8.31. The number of rotatable bonds is 2. The number of alkyl carbamates (subject to hydrolysis) is 1. The third kappa shape index (κ3) is 4.76. The predicted octanol–water partition coefficient (Wildman–Crippen LogP) is 3.35. The van der Waals surface area contributed by atoms with Crippen LogP contribution in [0.5, 0.6) is 0 Å². The van der Waals surface area contributed by atoms with Crippen molar-refractivity contribution in [2.24, 2.45) is 0 Å². The quantitative estimate of drug-likeness (QED) is 0.911. The first-order valence-electron chi connectivity index (χ1n) is 5.45. The Labute approximate surface area is 115 Å². The molecule has 1 aromatic rings. The Balaban J connectivity index is 2.57. The molecular weight excluding hydrogens is 296 g/mol. The molecule has 0 radical (unpaired) electrons. The number of ether oxygens (including phenoxy) is 1. The van der Waals surface area contributed by atoms with Gasteiger partial charge in [0.2, 0.25) is 0 Å². The van der Waals surface area contributed by atoms with Crippen LogP contribution < -0.4 is 5.32 Å². The summed E-state index contributed by atoms with van der Waals surface area (Å²) < 4.78 is 5.78. The van der Waals surface area contributed by atoms with Gasteiger partial charge < -0.3 is 10.1 Å². The summed E-state index contributed by atoms with van der Waals surface area (Å²) in [6, 6.07) is 7.26. The smallest absolute Gasteiger partial charge is 0.407 e. The largest absolute Gasteiger partial charge is 0.445 e. The lowest BCUT2D eigenvalue weighted by Crippen LogP contribution is -2.40. The molecule has 96 valence electrons. The van der Waals surface area contributed by atoms with E-state index in [1.54, 1.807) is 18.2 Å². The van der Waals surface area contributed by atoms with Crippen LogP contribution in [0.2, 0.25) is 0 Å². The molecule has 0 fully saturated rings. The Morgan fingerprint density at radius 1 is 1.50 bits per heavy atom. The molecule has 1 aromatic carbocycles. The number of hydrogen-bond donors (Lipinski definition) is 1. The van der Waals surface area contributed by atoms with Crippen molar-refractivity contribution >= 4 is 22.0 Å². The van der Waals surface area contributed by atoms with Gasteiger partial charge >= 0.3 is 6.09 Å². The zero-order valence-electron chi connectivity index (χ0n) is 10.6. The van der Waals surface area contributed by atoms with Gasteiger partial charge in [-0.15, -0.1) is 0 Å². The molecule has 1 N–H and O–H groups in total. The van der Waals surface area contributed by atoms with E-state index in [9.17, 15) is 4.79 Å². The van der Waals surface area contributed by atoms with Gasteiger partial charge in [0.15, 0.2) is 0 Å². The van der Waals surface area contributed by atoms with Gasteiger partial charge in [0.05, 0.1) is 5.56 Å². The zero-order valence-corrected chi connectivity index (χ0v) is 12.2. The highest BCUT2D eigenvalue weighted by Crippen LogP contribution is 2.18. The molecule has 0 aliphatic heterocycles. The van der Waals surface area contributed by atoms with Crippen LogP contribution in [0.15, 0.2) is 22.7 Å². The summed E-state index contributed by atoms with van der Waals surface area (Å²) in [6.45, 7) is 5.82. The van der Waals surface area contributed by atoms with Crippen LogP contribution in [0.1, 0.15) is 31.9 Å². The van der Waals surface area contributed by atoms with E-state index in [1.807, 2.05) is 20.8 Å². The van der Waals surface area contributed by atoms with Crippen molar-refractivity contribution in [2.45, 2.75) is 32.9 Å². The molecule has 0 atom stereocenters. The maximum Gasteiger partial charge on any atom is 0.407 e. The van der Waals surface area contributed by atoms with Crippen molar-refractivity contribution in [3.63, 3.8) is 0 Å². The van der Waals surface area contributed by atoms with Gasteiger partial charge in [-0.05, 0) is 54.4 Å². The average Bonchev–Trinajstić information content (AvgIpc) is 2.24. The SMILES string of the molecule is CC(C)(C)NC(=O)OCc1ccc(C#N)c(Br)c1. The number of nitrogens with zero attached hydrogens (tertiary/aromatic N) is 1. The maximum atomic E-state index is 11.4. The Morgan fingerprint density at radius 3 is 2.67 bits per heavy atom. The lowest BCUT2D eigenvalue weighted by atomic mass is 10.1. The van der Waals surface area contributed by atoms with Gasteiger partial charge in [0, 0.05) is 10.0 Å². The molecule has 0 aliphatic carbocycles. The number of carbonyl (C=O) groups excluding carboxylic acids is 1. The highest BCUT2D eigenvalue weighted by molar-refractivity contribution is 9.10. The molecule has 0 heterocycles. The molecule has 4 nitrogen and oxygen atoms in total. The van der Waals surface area contributed by atoms with Crippen LogP contribution >= 0.6 is 15.9 Å². The summed E-state index contributed by atoms with van der Waals surface area (Å²) in [7, 11) is 0. The van der Waals surface area contributed by atoms with E-state index < -0.39 is 6.09 Å². The van der Waals surface area contributed by atoms with Crippen molar-refractivity contribution < 1.29 is 9.53 Å². The van der Waals surface area contributed by atoms with Crippen LogP contribution in [0.3, 0.4) is 0 Å². The van der Waals surface area contributed by atoms with Crippen molar-refractivity contribution in [3.8, 4) is 6.07 Å². The minimum Gasteiger partial charge on any atom is -0.445 e. The highest BCUT2D eigenvalue weighted by Gasteiger charge is 2.14. The molecule has 0 aromatic heterocycles. The number of benzene rings is 1. The summed E-state index contributed by atoms with van der Waals surface area (Å²) in [5.41, 5.74) is 1.06. The third-order valence-electron chi connectivity index (χ3n) is 2.00. The number of hydrogen-bond acceptors (Lipinski definition) is 3. The van der Waals surface area contributed by atoms with Gasteiger partial charge in [-0.3, -0.25) is 0 Å². The van der Waals surface area contributed by atoms with Crippen molar-refractivity contribution in [2.75, 3.05) is 0 Å². The van der Waals surface area contributed by atoms with E-state index in [0.717, 1.165) is 5.56 Å². The van der Waals surface area contributed by atoms with Crippen LogP contribution in [0.25, 0.3) is 0 Å². The molecular formula is C13H15BrN2O2. The Bertz CT molecular complexity index is 487. The first kappa shape index (κ1) is 14.5. The second-order valence-electron chi connectivity index (χ2n) is 4.88. The first-order valence-corrected chi connectivity index (χ1v) is 6.24. The fourth-order valence-electron chi connectivity index (χ4n) is 1.23. The van der Waals surface area contributed by atoms with Crippen LogP contribution in [0, 0.1) is 11.3 Å². The van der Waals surface area contributed by atoms with Crippen molar-refractivity contribution in [1.29, 1.82) is 5.26 Å². The third-order valence-corrected chi connectivity index (χ3v) is 2.66. The second-order valence-corrected chi connectivity index (χ2v) is 5.73. The number of amides is 1. The molecule has 1 amide bonds. The Kier molecular flexibility index (Phi) is 4.74. The van der Waals surface area contributed by atoms with Crippen LogP contribution in [-0.4, -0.2) is 11.6 Å². The standard InChI is InChI=1S/C13H15BrN2O2/c1-13(2,3)16-12(17)18-8-9-4-5-10(7-15)11(14)6-9/h4-6H,8H2,1-3H3,(H,16,17). The average molecular weight is 311 g/mol. The van der Waals surface area contributed by atoms with Crippen LogP contribution in [0.4, 0.5) is 4.79 Å². The molecule has 0 spiro atoms. The Hall–Kier alpha value is -1.54. The van der Waals surface area contributed by atoms with E-state index >= 15 is 0 Å². The summed E-state index contributed by atoms with van der Waals surface area (Å²) in [4.78, 5) is 11.4. The lowest BCUT2D eigenvalue weighted by Gasteiger charge is -2.19. The van der Waals surface area contributed by atoms with E-state index in [2.05, 4.69) is 27.3 Å². The minimum absolute atomic E-state index is 0.173. The second kappa shape index (κ2) is 5.87. The fraction of sp³-hybridized carbons (Fsp3) is 0.385. The molecule has 18 heavy (non-hydrogen) atoms. The van der Waals surface area contributed by atoms with Gasteiger partial charge in [0.1, 0.15) is 12.7 Å². The monoisotopic (exact) mass is 310 g/mol. The highest BCUT2D eigenvalue weighted by atomic mass is 79.9. The van der Waals surface area contributed by atoms with Gasteiger partial charge in [-0.1, -0.05) is 6.07 Å². The van der Waals surface area contributed by atoms with Gasteiger partial charge in [-0.2, -0.15) is 5.26 Å². The van der Waals surface area contributed by atoms with Crippen LogP contribution in [-0.2, 0) is 11.3 Å². The van der Waals surface area contributed by atoms with Gasteiger partial charge in [-0.25, -0.2) is 4.79 Å². The summed E-state index contributed by atoms with van der Waals surface area (Å²) in [5.74, 6) is 0. The molecule has 0 bridgehead atoms. The van der Waals surface area contributed by atoms with Gasteiger partial charge in [0.25, 0.3) is 0 Å². The summed E-state index contributed by atoms with van der Waals surface area (Å²) in [6.07, 6.45) is -0.456. The molecule has 0 saturated heterocycles. The number of halogens is 1. The predicted molar refractivity (Wildman–Crippen MR) is 71.9 cm³/mol. The maximum absolute atomic E-state index is 11.4.